The summed E-state index contributed by atoms with van der Waals surface area (Å²) in [5.41, 5.74) is -0.953. The topological polar surface area (TPSA) is 58.6 Å². The Hall–Kier alpha value is -0.980. The number of alkyl carbamates (subject to hydrolysis) is 1. The monoisotopic (exact) mass is 351 g/mol. The van der Waals surface area contributed by atoms with E-state index in [9.17, 15) is 23.1 Å². The first-order valence-electron chi connectivity index (χ1n) is 8.75. The molecule has 1 amide bonds. The molecule has 140 valence electrons. The molecule has 0 unspecified atom stereocenters. The number of aliphatic hydroxyl groups is 1. The van der Waals surface area contributed by atoms with Gasteiger partial charge in [-0.3, -0.25) is 0 Å². The van der Waals surface area contributed by atoms with Crippen LogP contribution in [-0.4, -0.2) is 35.6 Å². The Labute approximate surface area is 141 Å². The Morgan fingerprint density at radius 1 is 1.33 bits per heavy atom. The highest BCUT2D eigenvalue weighted by atomic mass is 19.4. The van der Waals surface area contributed by atoms with Gasteiger partial charge in [-0.2, -0.15) is 13.2 Å². The first kappa shape index (κ1) is 19.3. The van der Waals surface area contributed by atoms with E-state index in [1.54, 1.807) is 12.2 Å². The average molecular weight is 351 g/mol. The second-order valence-corrected chi connectivity index (χ2v) is 7.86. The summed E-state index contributed by atoms with van der Waals surface area (Å²) in [5, 5.41) is 12.6. The summed E-state index contributed by atoms with van der Waals surface area (Å²) in [7, 11) is 0. The number of hydrogen-bond acceptors (Lipinski definition) is 3. The van der Waals surface area contributed by atoms with E-state index in [0.29, 0.717) is 6.42 Å². The summed E-state index contributed by atoms with van der Waals surface area (Å²) in [6.45, 7) is 4.39. The lowest BCUT2D eigenvalue weighted by Crippen LogP contribution is -2.56. The fraction of sp³-hybridized carbons (Fsp3) is 0.941. The van der Waals surface area contributed by atoms with Crippen LogP contribution in [0.2, 0.25) is 0 Å². The molecule has 0 spiro atoms. The van der Waals surface area contributed by atoms with E-state index >= 15 is 0 Å². The van der Waals surface area contributed by atoms with E-state index in [1.165, 1.54) is 0 Å². The van der Waals surface area contributed by atoms with Gasteiger partial charge in [0, 0.05) is 5.92 Å². The molecule has 2 saturated carbocycles. The molecule has 2 N–H and O–H groups in total. The zero-order valence-corrected chi connectivity index (χ0v) is 14.5. The molecule has 2 rings (SSSR count). The summed E-state index contributed by atoms with van der Waals surface area (Å²) in [6.07, 6.45) is -1.72. The average Bonchev–Trinajstić information content (AvgIpc) is 2.43. The van der Waals surface area contributed by atoms with Crippen molar-refractivity contribution in [2.45, 2.75) is 70.8 Å². The summed E-state index contributed by atoms with van der Waals surface area (Å²) in [6, 6.07) is 0. The fourth-order valence-electron chi connectivity index (χ4n) is 4.57. The maximum atomic E-state index is 12.3. The molecule has 0 aromatic heterocycles. The first-order chi connectivity index (χ1) is 11.0. The Balaban J connectivity index is 2.14. The SMILES string of the molecule is CC(C)[C@@H]1CC[C@H]2CCC[C@@](C)(O)[C@@H]2[C@H]1OC(=O)NCC(F)(F)F. The lowest BCUT2D eigenvalue weighted by Gasteiger charge is -2.52. The number of rotatable bonds is 3. The highest BCUT2D eigenvalue weighted by Gasteiger charge is 2.52. The molecule has 2 aliphatic carbocycles. The number of carbonyl (C=O) groups is 1. The number of amides is 1. The molecule has 0 aliphatic heterocycles. The van der Waals surface area contributed by atoms with Gasteiger partial charge in [-0.25, -0.2) is 4.79 Å². The Morgan fingerprint density at radius 3 is 2.58 bits per heavy atom. The van der Waals surface area contributed by atoms with Gasteiger partial charge in [0.25, 0.3) is 0 Å². The molecule has 0 radical (unpaired) electrons. The van der Waals surface area contributed by atoms with Crippen LogP contribution in [0.3, 0.4) is 0 Å². The fourth-order valence-corrected chi connectivity index (χ4v) is 4.57. The minimum absolute atomic E-state index is 0.0486. The number of halogens is 3. The number of nitrogens with one attached hydrogen (secondary N) is 1. The molecular formula is C17H28F3NO3. The Morgan fingerprint density at radius 2 is 2.00 bits per heavy atom. The van der Waals surface area contributed by atoms with E-state index < -0.39 is 30.5 Å². The van der Waals surface area contributed by atoms with E-state index in [1.807, 2.05) is 13.8 Å². The van der Waals surface area contributed by atoms with Crippen LogP contribution in [0.5, 0.6) is 0 Å². The summed E-state index contributed by atoms with van der Waals surface area (Å²) >= 11 is 0. The van der Waals surface area contributed by atoms with Crippen LogP contribution in [0.25, 0.3) is 0 Å². The van der Waals surface area contributed by atoms with Crippen molar-refractivity contribution in [1.82, 2.24) is 5.32 Å². The third kappa shape index (κ3) is 4.55. The Bertz CT molecular complexity index is 451. The van der Waals surface area contributed by atoms with Crippen LogP contribution >= 0.6 is 0 Å². The van der Waals surface area contributed by atoms with Gasteiger partial charge < -0.3 is 15.2 Å². The number of fused-ring (bicyclic) bond motifs is 1. The zero-order valence-electron chi connectivity index (χ0n) is 14.5. The Kier molecular flexibility index (Phi) is 5.72. The lowest BCUT2D eigenvalue weighted by atomic mass is 9.58. The van der Waals surface area contributed by atoms with Crippen molar-refractivity contribution in [3.05, 3.63) is 0 Å². The lowest BCUT2D eigenvalue weighted by molar-refractivity contribution is -0.154. The van der Waals surface area contributed by atoms with Gasteiger partial charge in [0.05, 0.1) is 5.60 Å². The largest absolute Gasteiger partial charge is 0.446 e. The zero-order chi connectivity index (χ0) is 18.1. The number of ether oxygens (including phenoxy) is 1. The van der Waals surface area contributed by atoms with Crippen molar-refractivity contribution in [2.24, 2.45) is 23.7 Å². The first-order valence-corrected chi connectivity index (χ1v) is 8.75. The van der Waals surface area contributed by atoms with Crippen molar-refractivity contribution in [3.8, 4) is 0 Å². The van der Waals surface area contributed by atoms with Crippen molar-refractivity contribution < 1.29 is 27.8 Å². The molecule has 0 saturated heterocycles. The van der Waals surface area contributed by atoms with Crippen LogP contribution in [0.4, 0.5) is 18.0 Å². The van der Waals surface area contributed by atoms with E-state index in [2.05, 4.69) is 0 Å². The minimum atomic E-state index is -4.47. The molecule has 7 heteroatoms. The van der Waals surface area contributed by atoms with E-state index in [0.717, 1.165) is 25.7 Å². The van der Waals surface area contributed by atoms with Gasteiger partial charge in [-0.05, 0) is 50.4 Å². The number of carbonyl (C=O) groups excluding carboxylic acids is 1. The maximum Gasteiger partial charge on any atom is 0.407 e. The van der Waals surface area contributed by atoms with Gasteiger partial charge >= 0.3 is 12.3 Å². The van der Waals surface area contributed by atoms with Gasteiger partial charge in [0.15, 0.2) is 0 Å². The van der Waals surface area contributed by atoms with E-state index in [-0.39, 0.29) is 23.7 Å². The van der Waals surface area contributed by atoms with Gasteiger partial charge in [-0.15, -0.1) is 0 Å². The van der Waals surface area contributed by atoms with Crippen molar-refractivity contribution in [3.63, 3.8) is 0 Å². The molecule has 2 aliphatic rings. The van der Waals surface area contributed by atoms with Gasteiger partial charge in [0.1, 0.15) is 12.6 Å². The van der Waals surface area contributed by atoms with Crippen LogP contribution in [0.15, 0.2) is 0 Å². The maximum absolute atomic E-state index is 12.3. The molecule has 0 heterocycles. The predicted molar refractivity (Wildman–Crippen MR) is 83.3 cm³/mol. The third-order valence-corrected chi connectivity index (χ3v) is 5.66. The van der Waals surface area contributed by atoms with Crippen LogP contribution < -0.4 is 5.32 Å². The predicted octanol–water partition coefficient (Wildman–Crippen LogP) is 3.88. The number of hydrogen-bond donors (Lipinski definition) is 2. The van der Waals surface area contributed by atoms with Gasteiger partial charge in [-0.1, -0.05) is 20.3 Å². The second-order valence-electron chi connectivity index (χ2n) is 7.86. The molecule has 5 atom stereocenters. The summed E-state index contributed by atoms with van der Waals surface area (Å²) < 4.78 is 42.3. The minimum Gasteiger partial charge on any atom is -0.446 e. The molecule has 4 nitrogen and oxygen atoms in total. The van der Waals surface area contributed by atoms with Crippen LogP contribution in [-0.2, 0) is 4.74 Å². The van der Waals surface area contributed by atoms with Crippen LogP contribution in [0, 0.1) is 23.7 Å². The van der Waals surface area contributed by atoms with Crippen molar-refractivity contribution in [1.29, 1.82) is 0 Å². The normalized spacial score (nSPS) is 37.0. The third-order valence-electron chi connectivity index (χ3n) is 5.66. The molecule has 0 aromatic carbocycles. The smallest absolute Gasteiger partial charge is 0.407 e. The second kappa shape index (κ2) is 7.10. The van der Waals surface area contributed by atoms with E-state index in [4.69, 9.17) is 4.74 Å². The molecule has 24 heavy (non-hydrogen) atoms. The molecular weight excluding hydrogens is 323 g/mol. The van der Waals surface area contributed by atoms with Crippen LogP contribution in [0.1, 0.15) is 52.9 Å². The number of alkyl halides is 3. The summed E-state index contributed by atoms with van der Waals surface area (Å²) in [4.78, 5) is 11.9. The highest BCUT2D eigenvalue weighted by Crippen LogP contribution is 2.50. The summed E-state index contributed by atoms with van der Waals surface area (Å²) in [5.74, 6) is 0.310. The van der Waals surface area contributed by atoms with Crippen molar-refractivity contribution >= 4 is 6.09 Å². The standard InChI is InChI=1S/C17H28F3NO3/c1-10(2)12-7-6-11-5-4-8-16(3,23)13(11)14(12)24-15(22)21-9-17(18,19)20/h10-14,23H,4-9H2,1-3H3,(H,21,22)/t11-,12+,13+,14+,16-/m1/s1. The van der Waals surface area contributed by atoms with Crippen molar-refractivity contribution in [2.75, 3.05) is 6.54 Å². The molecule has 0 bridgehead atoms. The quantitative estimate of drug-likeness (QED) is 0.811. The van der Waals surface area contributed by atoms with Gasteiger partial charge in [0.2, 0.25) is 0 Å². The molecule has 0 aromatic rings. The highest BCUT2D eigenvalue weighted by molar-refractivity contribution is 5.67. The molecule has 2 fully saturated rings.